The second kappa shape index (κ2) is 19.6. The topological polar surface area (TPSA) is 74.2 Å². The molecule has 1 N–H and O–H groups in total. The van der Waals surface area contributed by atoms with Gasteiger partial charge >= 0.3 is 6.18 Å². The summed E-state index contributed by atoms with van der Waals surface area (Å²) in [4.78, 5) is 9.50. The molecule has 11 heteroatoms. The second-order valence-corrected chi connectivity index (χ2v) is 15.5. The highest BCUT2D eigenvalue weighted by molar-refractivity contribution is 7.90. The Morgan fingerprint density at radius 1 is 0.977 bits per heavy atom. The van der Waals surface area contributed by atoms with Crippen molar-refractivity contribution in [1.82, 2.24) is 14.5 Å². The SMILES string of the molecule is CCC(CCCCN1CCCN(CC2CCCC(NS(=O)(=O)C3CCCC(C)C/C=C\C=N/C3)CC2)CC1)OCC(F)(F)F. The summed E-state index contributed by atoms with van der Waals surface area (Å²) in [6, 6.07) is 0.0109. The van der Waals surface area contributed by atoms with Gasteiger partial charge in [0.2, 0.25) is 10.0 Å². The van der Waals surface area contributed by atoms with Crippen molar-refractivity contribution in [2.45, 2.75) is 127 Å². The molecule has 0 aromatic carbocycles. The maximum atomic E-state index is 13.4. The van der Waals surface area contributed by atoms with Crippen LogP contribution >= 0.6 is 0 Å². The highest BCUT2D eigenvalue weighted by atomic mass is 32.2. The fourth-order valence-corrected chi connectivity index (χ4v) is 8.55. The number of nitrogens with zero attached hydrogens (tertiary/aromatic N) is 3. The zero-order valence-corrected chi connectivity index (χ0v) is 28.1. The zero-order chi connectivity index (χ0) is 31.8. The van der Waals surface area contributed by atoms with Crippen molar-refractivity contribution < 1.29 is 26.3 Å². The van der Waals surface area contributed by atoms with Gasteiger partial charge in [-0.2, -0.15) is 13.2 Å². The van der Waals surface area contributed by atoms with E-state index in [2.05, 4.69) is 32.5 Å². The summed E-state index contributed by atoms with van der Waals surface area (Å²) in [5.74, 6) is 1.15. The molecule has 5 unspecified atom stereocenters. The molecule has 0 spiro atoms. The number of hydrogen-bond acceptors (Lipinski definition) is 6. The first-order chi connectivity index (χ1) is 21.0. The minimum absolute atomic E-state index is 0.0109. The van der Waals surface area contributed by atoms with Gasteiger partial charge < -0.3 is 14.5 Å². The van der Waals surface area contributed by atoms with E-state index in [1.165, 1.54) is 0 Å². The largest absolute Gasteiger partial charge is 0.411 e. The number of ether oxygens (including phenoxy) is 1. The molecule has 0 bridgehead atoms. The Hall–Kier alpha value is -1.01. The first-order valence-electron chi connectivity index (χ1n) is 17.3. The third-order valence-electron chi connectivity index (χ3n) is 9.64. The lowest BCUT2D eigenvalue weighted by Gasteiger charge is -2.26. The summed E-state index contributed by atoms with van der Waals surface area (Å²) in [7, 11) is -3.43. The van der Waals surface area contributed by atoms with Crippen molar-refractivity contribution in [3.8, 4) is 0 Å². The van der Waals surface area contributed by atoms with E-state index in [0.29, 0.717) is 37.6 Å². The fraction of sp³-hybridized carbons (Fsp3) is 0.909. The average molecular weight is 649 g/mol. The molecule has 2 heterocycles. The van der Waals surface area contributed by atoms with Crippen molar-refractivity contribution >= 4 is 16.2 Å². The van der Waals surface area contributed by atoms with Crippen molar-refractivity contribution in [3.05, 3.63) is 12.2 Å². The highest BCUT2D eigenvalue weighted by Gasteiger charge is 2.31. The van der Waals surface area contributed by atoms with Crippen LogP contribution in [0.25, 0.3) is 0 Å². The molecule has 3 rings (SSSR count). The van der Waals surface area contributed by atoms with Crippen LogP contribution in [0.15, 0.2) is 17.1 Å². The van der Waals surface area contributed by atoms with Gasteiger partial charge in [0, 0.05) is 31.9 Å². The van der Waals surface area contributed by atoms with E-state index >= 15 is 0 Å². The Morgan fingerprint density at radius 3 is 2.55 bits per heavy atom. The molecule has 0 aromatic heterocycles. The number of halogens is 3. The molecule has 3 aliphatic rings. The minimum atomic E-state index is -4.26. The van der Waals surface area contributed by atoms with Gasteiger partial charge in [-0.3, -0.25) is 4.99 Å². The number of aliphatic imine (C=N–C) groups is 1. The quantitative estimate of drug-likeness (QED) is 0.180. The second-order valence-electron chi connectivity index (χ2n) is 13.5. The summed E-state index contributed by atoms with van der Waals surface area (Å²) in [6.07, 6.45) is 14.2. The van der Waals surface area contributed by atoms with E-state index in [4.69, 9.17) is 4.74 Å². The van der Waals surface area contributed by atoms with E-state index in [1.807, 2.05) is 13.0 Å². The van der Waals surface area contributed by atoms with Crippen LogP contribution in [0.1, 0.15) is 104 Å². The monoisotopic (exact) mass is 648 g/mol. The van der Waals surface area contributed by atoms with Gasteiger partial charge in [0.15, 0.2) is 0 Å². The Kier molecular flexibility index (Phi) is 16.7. The Balaban J connectivity index is 1.36. The number of hydrogen-bond donors (Lipinski definition) is 1. The maximum absolute atomic E-state index is 13.4. The number of unbranched alkanes of at least 4 members (excludes halogenated alkanes) is 1. The van der Waals surface area contributed by atoms with Crippen molar-refractivity contribution in [2.75, 3.05) is 52.4 Å². The van der Waals surface area contributed by atoms with E-state index < -0.39 is 28.1 Å². The Labute approximate surface area is 265 Å². The molecule has 2 aliphatic heterocycles. The molecule has 7 nitrogen and oxygen atoms in total. The van der Waals surface area contributed by atoms with Crippen molar-refractivity contribution in [3.63, 3.8) is 0 Å². The van der Waals surface area contributed by atoms with Crippen molar-refractivity contribution in [1.29, 1.82) is 0 Å². The fourth-order valence-electron chi connectivity index (χ4n) is 6.90. The van der Waals surface area contributed by atoms with Crippen LogP contribution in [-0.2, 0) is 14.8 Å². The molecule has 256 valence electrons. The highest BCUT2D eigenvalue weighted by Crippen LogP contribution is 2.26. The molecule has 5 atom stereocenters. The maximum Gasteiger partial charge on any atom is 0.411 e. The van der Waals surface area contributed by atoms with Crippen molar-refractivity contribution in [2.24, 2.45) is 16.8 Å². The van der Waals surface area contributed by atoms with Crippen LogP contribution in [0.3, 0.4) is 0 Å². The standard InChI is InChI=1S/C33H59F3N4O3S/c1-3-31(43-27-33(34,35)36)15-5-7-20-39-21-10-22-40(24-23-39)26-29-13-9-14-30(18-17-29)38-44(41,42)32-16-8-12-28(2)11-4-6-19-37-25-32/h4,6,19,28-32,38H,3,5,7-18,20-27H2,1-2H3/b6-4-,37-19-. The predicted octanol–water partition coefficient (Wildman–Crippen LogP) is 6.60. The lowest BCUT2D eigenvalue weighted by atomic mass is 9.99. The molecular weight excluding hydrogens is 589 g/mol. The molecule has 0 amide bonds. The Bertz CT molecular complexity index is 962. The summed E-state index contributed by atoms with van der Waals surface area (Å²) in [5.41, 5.74) is 0. The van der Waals surface area contributed by atoms with Gasteiger partial charge in [0.05, 0.1) is 17.9 Å². The number of rotatable bonds is 13. The number of nitrogens with one attached hydrogen (secondary N) is 1. The molecule has 0 radical (unpaired) electrons. The molecule has 1 saturated heterocycles. The van der Waals surface area contributed by atoms with Gasteiger partial charge in [0.25, 0.3) is 0 Å². The van der Waals surface area contributed by atoms with Crippen LogP contribution in [0.2, 0.25) is 0 Å². The van der Waals surface area contributed by atoms with Crippen LogP contribution in [0.5, 0.6) is 0 Å². The minimum Gasteiger partial charge on any atom is -0.369 e. The number of alkyl halides is 3. The van der Waals surface area contributed by atoms with E-state index in [9.17, 15) is 21.6 Å². The van der Waals surface area contributed by atoms with E-state index in [1.54, 1.807) is 6.21 Å². The van der Waals surface area contributed by atoms with Gasteiger partial charge in [-0.05, 0) is 108 Å². The smallest absolute Gasteiger partial charge is 0.369 e. The first-order valence-corrected chi connectivity index (χ1v) is 18.9. The first kappa shape index (κ1) is 37.4. The third-order valence-corrected chi connectivity index (χ3v) is 11.6. The Morgan fingerprint density at radius 2 is 1.75 bits per heavy atom. The van der Waals surface area contributed by atoms with E-state index in [0.717, 1.165) is 110 Å². The molecule has 0 aromatic rings. The number of allylic oxidation sites excluding steroid dienone is 2. The normalized spacial score (nSPS) is 29.7. The lowest BCUT2D eigenvalue weighted by molar-refractivity contribution is -0.186. The van der Waals surface area contributed by atoms with Crippen LogP contribution in [0.4, 0.5) is 13.2 Å². The van der Waals surface area contributed by atoms with Gasteiger partial charge in [-0.15, -0.1) is 0 Å². The number of sulfonamides is 1. The lowest BCUT2D eigenvalue weighted by Crippen LogP contribution is -2.42. The molecule has 1 saturated carbocycles. The molecule has 44 heavy (non-hydrogen) atoms. The van der Waals surface area contributed by atoms with E-state index in [-0.39, 0.29) is 12.1 Å². The zero-order valence-electron chi connectivity index (χ0n) is 27.3. The van der Waals surface area contributed by atoms with Gasteiger partial charge in [0.1, 0.15) is 6.61 Å². The molecular formula is C33H59F3N4O3S. The summed E-state index contributed by atoms with van der Waals surface area (Å²) >= 11 is 0. The average Bonchev–Trinajstić information content (AvgIpc) is 3.34. The predicted molar refractivity (Wildman–Crippen MR) is 174 cm³/mol. The van der Waals surface area contributed by atoms with Gasteiger partial charge in [-0.1, -0.05) is 39.2 Å². The van der Waals surface area contributed by atoms with Gasteiger partial charge in [-0.25, -0.2) is 13.1 Å². The third kappa shape index (κ3) is 15.1. The van der Waals surface area contributed by atoms with Crippen LogP contribution < -0.4 is 4.72 Å². The summed E-state index contributed by atoms with van der Waals surface area (Å²) in [5, 5.41) is -0.465. The summed E-state index contributed by atoms with van der Waals surface area (Å²) in [6.45, 7) is 9.54. The van der Waals surface area contributed by atoms with Crippen LogP contribution in [0, 0.1) is 11.8 Å². The molecule has 2 fully saturated rings. The summed E-state index contributed by atoms with van der Waals surface area (Å²) < 4.78 is 72.4. The molecule has 1 aliphatic carbocycles. The van der Waals surface area contributed by atoms with Crippen LogP contribution in [-0.4, -0.2) is 100 Å².